The lowest BCUT2D eigenvalue weighted by Crippen LogP contribution is -2.52. The number of ether oxygens (including phenoxy) is 1. The monoisotopic (exact) mass is 237 g/mol. The van der Waals surface area contributed by atoms with Crippen LogP contribution in [0.5, 0.6) is 0 Å². The summed E-state index contributed by atoms with van der Waals surface area (Å²) in [5, 5.41) is 0. The Kier molecular flexibility index (Phi) is 3.59. The van der Waals surface area contributed by atoms with E-state index in [1.165, 1.54) is 0 Å². The van der Waals surface area contributed by atoms with E-state index in [4.69, 9.17) is 10.5 Å². The number of hydrogen-bond donors (Lipinski definition) is 1. The van der Waals surface area contributed by atoms with Crippen molar-refractivity contribution in [2.75, 3.05) is 13.2 Å². The van der Waals surface area contributed by atoms with Gasteiger partial charge >= 0.3 is 0 Å². The van der Waals surface area contributed by atoms with Gasteiger partial charge in [0.05, 0.1) is 5.54 Å². The van der Waals surface area contributed by atoms with E-state index in [1.54, 1.807) is 6.20 Å². The molecule has 0 spiro atoms. The first-order chi connectivity index (χ1) is 8.12. The zero-order valence-corrected chi connectivity index (χ0v) is 10.2. The summed E-state index contributed by atoms with van der Waals surface area (Å²) in [6.45, 7) is 1.18. The minimum absolute atomic E-state index is 0.129. The van der Waals surface area contributed by atoms with E-state index in [1.807, 2.05) is 17.8 Å². The van der Waals surface area contributed by atoms with Crippen molar-refractivity contribution in [1.82, 2.24) is 9.55 Å². The van der Waals surface area contributed by atoms with Crippen molar-refractivity contribution in [3.05, 3.63) is 18.2 Å². The van der Waals surface area contributed by atoms with Gasteiger partial charge in [0.15, 0.2) is 5.78 Å². The summed E-state index contributed by atoms with van der Waals surface area (Å²) in [6, 6.07) is 0. The molecule has 2 rings (SSSR count). The molecule has 1 aliphatic heterocycles. The fourth-order valence-corrected chi connectivity index (χ4v) is 2.13. The van der Waals surface area contributed by atoms with E-state index in [0.717, 1.165) is 5.82 Å². The molecule has 0 aromatic carbocycles. The molecule has 1 saturated heterocycles. The minimum atomic E-state index is -0.677. The summed E-state index contributed by atoms with van der Waals surface area (Å²) in [5.74, 6) is 1.05. The van der Waals surface area contributed by atoms with Crippen molar-refractivity contribution in [3.8, 4) is 0 Å². The summed E-state index contributed by atoms with van der Waals surface area (Å²) in [7, 11) is 1.93. The maximum atomic E-state index is 12.1. The molecule has 0 atom stereocenters. The molecular formula is C12H19N3O2. The normalized spacial score (nSPS) is 19.2. The number of nitrogens with zero attached hydrogens (tertiary/aromatic N) is 2. The van der Waals surface area contributed by atoms with Crippen molar-refractivity contribution in [2.24, 2.45) is 12.8 Å². The maximum absolute atomic E-state index is 12.1. The van der Waals surface area contributed by atoms with E-state index >= 15 is 0 Å². The molecule has 0 aliphatic carbocycles. The van der Waals surface area contributed by atoms with Gasteiger partial charge in [-0.1, -0.05) is 0 Å². The van der Waals surface area contributed by atoms with Crippen LogP contribution in [0.3, 0.4) is 0 Å². The molecule has 1 aromatic heterocycles. The second-order valence-corrected chi connectivity index (χ2v) is 4.65. The van der Waals surface area contributed by atoms with Crippen LogP contribution in [0, 0.1) is 0 Å². The molecule has 2 N–H and O–H groups in total. The van der Waals surface area contributed by atoms with E-state index in [2.05, 4.69) is 4.98 Å². The standard InChI is InChI=1S/C12H19N3O2/c1-15-7-6-14-11(15)3-2-10(16)12(13)4-8-17-9-5-12/h6-7H,2-5,8-9,13H2,1H3. The lowest BCUT2D eigenvalue weighted by molar-refractivity contribution is -0.127. The average Bonchev–Trinajstić information content (AvgIpc) is 2.73. The fraction of sp³-hybridized carbons (Fsp3) is 0.667. The SMILES string of the molecule is Cn1ccnc1CCC(=O)C1(N)CCOCC1. The highest BCUT2D eigenvalue weighted by atomic mass is 16.5. The molecule has 1 fully saturated rings. The molecule has 0 saturated carbocycles. The Bertz CT molecular complexity index is 394. The number of nitrogens with two attached hydrogens (primary N) is 1. The molecule has 0 unspecified atom stereocenters. The summed E-state index contributed by atoms with van der Waals surface area (Å²) >= 11 is 0. The highest BCUT2D eigenvalue weighted by Gasteiger charge is 2.35. The Morgan fingerprint density at radius 3 is 2.88 bits per heavy atom. The molecule has 17 heavy (non-hydrogen) atoms. The highest BCUT2D eigenvalue weighted by molar-refractivity contribution is 5.88. The van der Waals surface area contributed by atoms with E-state index < -0.39 is 5.54 Å². The van der Waals surface area contributed by atoms with Gasteiger partial charge in [0.25, 0.3) is 0 Å². The highest BCUT2D eigenvalue weighted by Crippen LogP contribution is 2.20. The third-order valence-electron chi connectivity index (χ3n) is 3.44. The molecule has 2 heterocycles. The molecule has 5 nitrogen and oxygen atoms in total. The lowest BCUT2D eigenvalue weighted by Gasteiger charge is -2.31. The van der Waals surface area contributed by atoms with Crippen molar-refractivity contribution in [1.29, 1.82) is 0 Å². The summed E-state index contributed by atoms with van der Waals surface area (Å²) < 4.78 is 7.17. The molecule has 1 aromatic rings. The first kappa shape index (κ1) is 12.3. The molecule has 0 bridgehead atoms. The summed E-state index contributed by atoms with van der Waals surface area (Å²) in [4.78, 5) is 16.3. The van der Waals surface area contributed by atoms with Gasteiger partial charge in [-0.15, -0.1) is 0 Å². The number of aromatic nitrogens is 2. The van der Waals surface area contributed by atoms with Gasteiger partial charge in [-0.25, -0.2) is 4.98 Å². The van der Waals surface area contributed by atoms with Gasteiger partial charge in [-0.3, -0.25) is 4.79 Å². The zero-order chi connectivity index (χ0) is 12.3. The number of rotatable bonds is 4. The topological polar surface area (TPSA) is 70.1 Å². The molecule has 0 amide bonds. The average molecular weight is 237 g/mol. The van der Waals surface area contributed by atoms with Crippen LogP contribution in [-0.4, -0.2) is 34.1 Å². The minimum Gasteiger partial charge on any atom is -0.381 e. The van der Waals surface area contributed by atoms with Crippen molar-refractivity contribution in [3.63, 3.8) is 0 Å². The Labute approximate surface area is 101 Å². The first-order valence-electron chi connectivity index (χ1n) is 5.98. The van der Waals surface area contributed by atoms with Gasteiger partial charge in [-0.2, -0.15) is 0 Å². The second kappa shape index (κ2) is 4.98. The van der Waals surface area contributed by atoms with Gasteiger partial charge in [0, 0.05) is 45.5 Å². The number of carbonyl (C=O) groups excluding carboxylic acids is 1. The molecule has 5 heteroatoms. The zero-order valence-electron chi connectivity index (χ0n) is 10.2. The molecule has 0 radical (unpaired) electrons. The van der Waals surface area contributed by atoms with E-state index in [0.29, 0.717) is 38.9 Å². The van der Waals surface area contributed by atoms with Crippen LogP contribution >= 0.6 is 0 Å². The van der Waals surface area contributed by atoms with Crippen molar-refractivity contribution >= 4 is 5.78 Å². The maximum Gasteiger partial charge on any atom is 0.153 e. The number of hydrogen-bond acceptors (Lipinski definition) is 4. The molecular weight excluding hydrogens is 218 g/mol. The van der Waals surface area contributed by atoms with E-state index in [9.17, 15) is 4.79 Å². The van der Waals surface area contributed by atoms with Crippen molar-refractivity contribution < 1.29 is 9.53 Å². The Morgan fingerprint density at radius 1 is 1.59 bits per heavy atom. The van der Waals surface area contributed by atoms with Gasteiger partial charge in [0.1, 0.15) is 5.82 Å². The van der Waals surface area contributed by atoms with Gasteiger partial charge in [-0.05, 0) is 12.8 Å². The van der Waals surface area contributed by atoms with Crippen molar-refractivity contribution in [2.45, 2.75) is 31.2 Å². The Hall–Kier alpha value is -1.20. The van der Waals surface area contributed by atoms with Crippen LogP contribution < -0.4 is 5.73 Å². The fourth-order valence-electron chi connectivity index (χ4n) is 2.13. The van der Waals surface area contributed by atoms with Crippen LogP contribution in [0.25, 0.3) is 0 Å². The summed E-state index contributed by atoms with van der Waals surface area (Å²) in [6.07, 6.45) is 6.00. The number of Topliss-reactive ketones (excluding diaryl/α,β-unsaturated/α-hetero) is 1. The molecule has 94 valence electrons. The largest absolute Gasteiger partial charge is 0.381 e. The van der Waals surface area contributed by atoms with Crippen LogP contribution in [-0.2, 0) is 23.0 Å². The van der Waals surface area contributed by atoms with Crippen LogP contribution in [0.4, 0.5) is 0 Å². The third kappa shape index (κ3) is 2.73. The summed E-state index contributed by atoms with van der Waals surface area (Å²) in [5.41, 5.74) is 5.45. The van der Waals surface area contributed by atoms with Crippen LogP contribution in [0.2, 0.25) is 0 Å². The third-order valence-corrected chi connectivity index (χ3v) is 3.44. The number of imidazole rings is 1. The van der Waals surface area contributed by atoms with Gasteiger partial charge < -0.3 is 15.0 Å². The second-order valence-electron chi connectivity index (χ2n) is 4.65. The smallest absolute Gasteiger partial charge is 0.153 e. The lowest BCUT2D eigenvalue weighted by atomic mass is 9.85. The van der Waals surface area contributed by atoms with Gasteiger partial charge in [0.2, 0.25) is 0 Å². The van der Waals surface area contributed by atoms with Crippen LogP contribution in [0.1, 0.15) is 25.1 Å². The number of aryl methyl sites for hydroxylation is 2. The number of carbonyl (C=O) groups is 1. The Balaban J connectivity index is 1.91. The van der Waals surface area contributed by atoms with Crippen LogP contribution in [0.15, 0.2) is 12.4 Å². The first-order valence-corrected chi connectivity index (χ1v) is 5.98. The van der Waals surface area contributed by atoms with E-state index in [-0.39, 0.29) is 5.78 Å². The predicted octanol–water partition coefficient (Wildman–Crippen LogP) is 0.430. The molecule has 1 aliphatic rings. The number of ketones is 1. The predicted molar refractivity (Wildman–Crippen MR) is 63.5 cm³/mol. The Morgan fingerprint density at radius 2 is 2.29 bits per heavy atom. The quantitative estimate of drug-likeness (QED) is 0.824.